The number of nitrogens with zero attached hydrogens (tertiary/aromatic N) is 1. The Bertz CT molecular complexity index is 913. The maximum Gasteiger partial charge on any atom is 0.254 e. The molecule has 1 aliphatic heterocycles. The van der Waals surface area contributed by atoms with Gasteiger partial charge in [-0.05, 0) is 37.1 Å². The summed E-state index contributed by atoms with van der Waals surface area (Å²) in [5.74, 6) is -0.124. The molecule has 0 spiro atoms. The van der Waals surface area contributed by atoms with Crippen LogP contribution in [0.1, 0.15) is 28.4 Å². The number of amides is 1. The van der Waals surface area contributed by atoms with Crippen molar-refractivity contribution in [3.8, 4) is 0 Å². The van der Waals surface area contributed by atoms with Crippen LogP contribution in [0.3, 0.4) is 0 Å². The van der Waals surface area contributed by atoms with Crippen LogP contribution in [-0.4, -0.2) is 44.9 Å². The molecule has 7 heteroatoms. The summed E-state index contributed by atoms with van der Waals surface area (Å²) < 4.78 is 28.0. The van der Waals surface area contributed by atoms with Crippen molar-refractivity contribution in [1.29, 1.82) is 0 Å². The van der Waals surface area contributed by atoms with E-state index in [1.165, 1.54) is 6.07 Å². The minimum Gasteiger partial charge on any atom is -0.333 e. The van der Waals surface area contributed by atoms with Crippen LogP contribution in [-0.2, 0) is 16.6 Å². The summed E-state index contributed by atoms with van der Waals surface area (Å²) >= 11 is 0. The molecule has 1 amide bonds. The molecule has 1 aliphatic rings. The second-order valence-corrected chi connectivity index (χ2v) is 8.61. The van der Waals surface area contributed by atoms with Crippen LogP contribution in [0.15, 0.2) is 53.4 Å². The van der Waals surface area contributed by atoms with Crippen molar-refractivity contribution in [3.63, 3.8) is 0 Å². The molecule has 1 fully saturated rings. The second kappa shape index (κ2) is 8.21. The number of benzene rings is 2. The third-order valence-electron chi connectivity index (χ3n) is 4.82. The van der Waals surface area contributed by atoms with Gasteiger partial charge in [0.2, 0.25) is 10.0 Å². The fourth-order valence-electron chi connectivity index (χ4n) is 3.15. The van der Waals surface area contributed by atoms with Crippen molar-refractivity contribution in [2.75, 3.05) is 19.6 Å². The average Bonchev–Trinajstić information content (AvgIpc) is 2.67. The van der Waals surface area contributed by atoms with Gasteiger partial charge >= 0.3 is 0 Å². The number of piperazine rings is 1. The highest BCUT2D eigenvalue weighted by Gasteiger charge is 2.26. The first-order valence-electron chi connectivity index (χ1n) is 9.04. The van der Waals surface area contributed by atoms with Crippen molar-refractivity contribution < 1.29 is 13.2 Å². The summed E-state index contributed by atoms with van der Waals surface area (Å²) in [6.45, 7) is 6.11. The van der Waals surface area contributed by atoms with Crippen LogP contribution in [0, 0.1) is 6.92 Å². The molecule has 0 radical (unpaired) electrons. The largest absolute Gasteiger partial charge is 0.333 e. The van der Waals surface area contributed by atoms with Crippen molar-refractivity contribution in [1.82, 2.24) is 14.9 Å². The standard InChI is InChI=1S/C20H25N3O3S/c1-15-8-9-18(27(25,26)22-14-17-6-4-3-5-7-17)12-19(15)20(24)23-11-10-21-13-16(23)2/h3-9,12,16,21-22H,10-11,13-14H2,1-2H3/t16-/m1/s1. The van der Waals surface area contributed by atoms with Crippen LogP contribution in [0.5, 0.6) is 0 Å². The fourth-order valence-corrected chi connectivity index (χ4v) is 4.20. The van der Waals surface area contributed by atoms with Gasteiger partial charge in [0.25, 0.3) is 5.91 Å². The highest BCUT2D eigenvalue weighted by molar-refractivity contribution is 7.89. The predicted octanol–water partition coefficient (Wildman–Crippen LogP) is 1.91. The highest BCUT2D eigenvalue weighted by Crippen LogP contribution is 2.19. The minimum absolute atomic E-state index is 0.0714. The fraction of sp³-hybridized carbons (Fsp3) is 0.350. The van der Waals surface area contributed by atoms with Crippen LogP contribution >= 0.6 is 0 Å². The lowest BCUT2D eigenvalue weighted by molar-refractivity contribution is 0.0654. The van der Waals surface area contributed by atoms with Gasteiger partial charge < -0.3 is 10.2 Å². The molecule has 6 nitrogen and oxygen atoms in total. The lowest BCUT2D eigenvalue weighted by atomic mass is 10.1. The monoisotopic (exact) mass is 387 g/mol. The highest BCUT2D eigenvalue weighted by atomic mass is 32.2. The molecule has 3 rings (SSSR count). The normalized spacial score (nSPS) is 17.7. The first-order chi connectivity index (χ1) is 12.9. The third kappa shape index (κ3) is 4.55. The van der Waals surface area contributed by atoms with Crippen LogP contribution < -0.4 is 10.0 Å². The van der Waals surface area contributed by atoms with Gasteiger partial charge in [-0.3, -0.25) is 4.79 Å². The van der Waals surface area contributed by atoms with Crippen LogP contribution in [0.4, 0.5) is 0 Å². The zero-order chi connectivity index (χ0) is 19.4. The van der Waals surface area contributed by atoms with Crippen molar-refractivity contribution in [3.05, 3.63) is 65.2 Å². The Hall–Kier alpha value is -2.22. The first kappa shape index (κ1) is 19.5. The molecule has 0 aromatic heterocycles. The second-order valence-electron chi connectivity index (χ2n) is 6.84. The molecule has 27 heavy (non-hydrogen) atoms. The van der Waals surface area contributed by atoms with Crippen LogP contribution in [0.2, 0.25) is 0 Å². The summed E-state index contributed by atoms with van der Waals surface area (Å²) in [7, 11) is -3.71. The summed E-state index contributed by atoms with van der Waals surface area (Å²) in [5, 5.41) is 3.25. The van der Waals surface area contributed by atoms with E-state index in [1.54, 1.807) is 17.0 Å². The van der Waals surface area contributed by atoms with E-state index in [1.807, 2.05) is 44.2 Å². The van der Waals surface area contributed by atoms with Gasteiger partial charge in [-0.15, -0.1) is 0 Å². The van der Waals surface area contributed by atoms with E-state index in [2.05, 4.69) is 10.0 Å². The van der Waals surface area contributed by atoms with E-state index in [4.69, 9.17) is 0 Å². The molecular formula is C20H25N3O3S. The number of sulfonamides is 1. The lowest BCUT2D eigenvalue weighted by Gasteiger charge is -2.34. The van der Waals surface area contributed by atoms with Gasteiger partial charge in [0, 0.05) is 37.8 Å². The van der Waals surface area contributed by atoms with Crippen molar-refractivity contribution in [2.45, 2.75) is 31.3 Å². The molecule has 0 saturated carbocycles. The summed E-state index contributed by atoms with van der Waals surface area (Å²) in [6.07, 6.45) is 0. The Balaban J connectivity index is 1.82. The maximum absolute atomic E-state index is 13.0. The Kier molecular flexibility index (Phi) is 5.94. The molecule has 144 valence electrons. The van der Waals surface area contributed by atoms with Crippen molar-refractivity contribution >= 4 is 15.9 Å². The lowest BCUT2D eigenvalue weighted by Crippen LogP contribution is -2.52. The van der Waals surface area contributed by atoms with E-state index >= 15 is 0 Å². The van der Waals surface area contributed by atoms with Crippen molar-refractivity contribution in [2.24, 2.45) is 0 Å². The maximum atomic E-state index is 13.0. The Morgan fingerprint density at radius 1 is 1.22 bits per heavy atom. The number of carbonyl (C=O) groups excluding carboxylic acids is 1. The SMILES string of the molecule is Cc1ccc(S(=O)(=O)NCc2ccccc2)cc1C(=O)N1CCNC[C@H]1C. The summed E-state index contributed by atoms with van der Waals surface area (Å²) in [4.78, 5) is 14.9. The number of hydrogen-bond donors (Lipinski definition) is 2. The minimum atomic E-state index is -3.71. The molecule has 0 aliphatic carbocycles. The molecule has 1 saturated heterocycles. The Labute approximate surface area is 160 Å². The van der Waals surface area contributed by atoms with Crippen LogP contribution in [0.25, 0.3) is 0 Å². The van der Waals surface area contributed by atoms with Gasteiger partial charge in [-0.2, -0.15) is 0 Å². The molecular weight excluding hydrogens is 362 g/mol. The van der Waals surface area contributed by atoms with Gasteiger partial charge in [-0.25, -0.2) is 13.1 Å². The Morgan fingerprint density at radius 2 is 1.96 bits per heavy atom. The number of nitrogens with one attached hydrogen (secondary N) is 2. The molecule has 0 unspecified atom stereocenters. The third-order valence-corrected chi connectivity index (χ3v) is 6.22. The summed E-state index contributed by atoms with van der Waals surface area (Å²) in [6, 6.07) is 14.1. The average molecular weight is 388 g/mol. The van der Waals surface area contributed by atoms with E-state index in [0.717, 1.165) is 24.2 Å². The van der Waals surface area contributed by atoms with Gasteiger partial charge in [-0.1, -0.05) is 36.4 Å². The molecule has 2 aromatic rings. The van der Waals surface area contributed by atoms with E-state index in [9.17, 15) is 13.2 Å². The van der Waals surface area contributed by atoms with E-state index in [0.29, 0.717) is 12.1 Å². The molecule has 1 atom stereocenters. The van der Waals surface area contributed by atoms with E-state index < -0.39 is 10.0 Å². The Morgan fingerprint density at radius 3 is 2.67 bits per heavy atom. The summed E-state index contributed by atoms with van der Waals surface area (Å²) in [5.41, 5.74) is 2.08. The molecule has 2 aromatic carbocycles. The first-order valence-corrected chi connectivity index (χ1v) is 10.5. The quantitative estimate of drug-likeness (QED) is 0.822. The topological polar surface area (TPSA) is 78.5 Å². The molecule has 2 N–H and O–H groups in total. The number of hydrogen-bond acceptors (Lipinski definition) is 4. The smallest absolute Gasteiger partial charge is 0.254 e. The van der Waals surface area contributed by atoms with Gasteiger partial charge in [0.1, 0.15) is 0 Å². The number of carbonyl (C=O) groups is 1. The molecule has 0 bridgehead atoms. The zero-order valence-corrected chi connectivity index (χ0v) is 16.4. The van der Waals surface area contributed by atoms with Gasteiger partial charge in [0.05, 0.1) is 4.90 Å². The predicted molar refractivity (Wildman–Crippen MR) is 105 cm³/mol. The number of rotatable bonds is 5. The van der Waals surface area contributed by atoms with Gasteiger partial charge in [0.15, 0.2) is 0 Å². The number of aryl methyl sites for hydroxylation is 1. The molecule has 1 heterocycles. The zero-order valence-electron chi connectivity index (χ0n) is 15.6. The van der Waals surface area contributed by atoms with E-state index in [-0.39, 0.29) is 23.4 Å².